The first-order chi connectivity index (χ1) is 16.2. The first kappa shape index (κ1) is 24.4. The Balaban J connectivity index is 1.82. The van der Waals surface area contributed by atoms with Gasteiger partial charge in [0.1, 0.15) is 23.2 Å². The molecule has 8 heteroatoms. The summed E-state index contributed by atoms with van der Waals surface area (Å²) in [4.78, 5) is 25.1. The number of hydrogen-bond donors (Lipinski definition) is 2. The molecule has 8 nitrogen and oxygen atoms in total. The number of aryl methyl sites for hydroxylation is 2. The fourth-order valence-corrected chi connectivity index (χ4v) is 3.86. The lowest BCUT2D eigenvalue weighted by Crippen LogP contribution is -2.25. The highest BCUT2D eigenvalue weighted by Gasteiger charge is 2.36. The van der Waals surface area contributed by atoms with Gasteiger partial charge in [0.2, 0.25) is 5.88 Å². The van der Waals surface area contributed by atoms with Crippen LogP contribution in [0.1, 0.15) is 36.5 Å². The van der Waals surface area contributed by atoms with Crippen LogP contribution in [0.3, 0.4) is 0 Å². The molecule has 1 aliphatic heterocycles. The molecular weight excluding hydrogens is 434 g/mol. The predicted octanol–water partition coefficient (Wildman–Crippen LogP) is 3.97. The molecule has 0 aliphatic carbocycles. The Morgan fingerprint density at radius 2 is 1.85 bits per heavy atom. The molecule has 0 radical (unpaired) electrons. The highest BCUT2D eigenvalue weighted by molar-refractivity contribution is 5.93. The third-order valence-corrected chi connectivity index (χ3v) is 5.17. The largest absolute Gasteiger partial charge is 0.484 e. The van der Waals surface area contributed by atoms with Crippen LogP contribution >= 0.6 is 0 Å². The summed E-state index contributed by atoms with van der Waals surface area (Å²) in [5, 5.41) is 12.5. The molecule has 1 heterocycles. The molecule has 0 spiro atoms. The van der Waals surface area contributed by atoms with Gasteiger partial charge in [-0.05, 0) is 68.7 Å². The lowest BCUT2D eigenvalue weighted by Gasteiger charge is -2.27. The third kappa shape index (κ3) is 5.56. The van der Waals surface area contributed by atoms with Gasteiger partial charge in [-0.2, -0.15) is 5.26 Å². The van der Waals surface area contributed by atoms with Crippen LogP contribution in [0.15, 0.2) is 65.3 Å². The minimum absolute atomic E-state index is 0.0720. The number of allylic oxidation sites excluding steroid dienone is 2. The lowest BCUT2D eigenvalue weighted by molar-refractivity contribution is -0.139. The third-order valence-electron chi connectivity index (χ3n) is 5.17. The molecule has 0 fully saturated rings. The number of rotatable bonds is 7. The molecule has 1 aliphatic rings. The molecule has 1 unspecified atom stereocenters. The second kappa shape index (κ2) is 10.6. The zero-order chi connectivity index (χ0) is 24.8. The van der Waals surface area contributed by atoms with Gasteiger partial charge in [-0.15, -0.1) is 0 Å². The zero-order valence-corrected chi connectivity index (χ0v) is 19.6. The Bertz CT molecular complexity index is 1200. The van der Waals surface area contributed by atoms with Crippen molar-refractivity contribution in [1.29, 1.82) is 5.26 Å². The van der Waals surface area contributed by atoms with Gasteiger partial charge in [0.05, 0.1) is 18.1 Å². The monoisotopic (exact) mass is 461 g/mol. The highest BCUT2D eigenvalue weighted by atomic mass is 16.5. The maximum atomic E-state index is 12.7. The van der Waals surface area contributed by atoms with E-state index in [0.29, 0.717) is 17.0 Å². The number of carbonyl (C=O) groups is 2. The molecule has 3 rings (SSSR count). The van der Waals surface area contributed by atoms with E-state index < -0.39 is 11.9 Å². The first-order valence-electron chi connectivity index (χ1n) is 10.8. The fraction of sp³-hybridized carbons (Fsp3) is 0.269. The Kier molecular flexibility index (Phi) is 7.59. The highest BCUT2D eigenvalue weighted by Crippen LogP contribution is 2.40. The predicted molar refractivity (Wildman–Crippen MR) is 126 cm³/mol. The van der Waals surface area contributed by atoms with Crippen molar-refractivity contribution in [3.8, 4) is 11.8 Å². The minimum Gasteiger partial charge on any atom is -0.484 e. The van der Waals surface area contributed by atoms with Gasteiger partial charge in [0.25, 0.3) is 5.91 Å². The normalized spacial score (nSPS) is 15.3. The quantitative estimate of drug-likeness (QED) is 0.598. The van der Waals surface area contributed by atoms with Crippen molar-refractivity contribution in [1.82, 2.24) is 0 Å². The van der Waals surface area contributed by atoms with Crippen LogP contribution in [-0.4, -0.2) is 25.1 Å². The summed E-state index contributed by atoms with van der Waals surface area (Å²) in [5.41, 5.74) is 9.59. The molecule has 3 N–H and O–H groups in total. The average molecular weight is 462 g/mol. The Morgan fingerprint density at radius 3 is 2.50 bits per heavy atom. The molecule has 1 amide bonds. The van der Waals surface area contributed by atoms with Crippen molar-refractivity contribution in [2.75, 3.05) is 18.5 Å². The number of nitrogens with one attached hydrogen (secondary N) is 1. The summed E-state index contributed by atoms with van der Waals surface area (Å²) >= 11 is 0. The number of esters is 1. The number of ether oxygens (including phenoxy) is 3. The van der Waals surface area contributed by atoms with Crippen LogP contribution in [-0.2, 0) is 19.1 Å². The number of nitrogens with two attached hydrogens (primary N) is 1. The van der Waals surface area contributed by atoms with Crippen LogP contribution in [0.25, 0.3) is 0 Å². The Hall–Kier alpha value is -4.25. The molecule has 0 saturated carbocycles. The average Bonchev–Trinajstić information content (AvgIpc) is 2.77. The molecule has 1 atom stereocenters. The summed E-state index contributed by atoms with van der Waals surface area (Å²) in [6.45, 7) is 7.16. The van der Waals surface area contributed by atoms with Crippen molar-refractivity contribution in [2.45, 2.75) is 33.6 Å². The van der Waals surface area contributed by atoms with Gasteiger partial charge in [0, 0.05) is 5.69 Å². The van der Waals surface area contributed by atoms with Gasteiger partial charge >= 0.3 is 5.97 Å². The second-order valence-electron chi connectivity index (χ2n) is 7.90. The van der Waals surface area contributed by atoms with Crippen molar-refractivity contribution >= 4 is 17.6 Å². The molecule has 34 heavy (non-hydrogen) atoms. The van der Waals surface area contributed by atoms with E-state index in [-0.39, 0.29) is 41.9 Å². The van der Waals surface area contributed by atoms with Crippen LogP contribution in [0, 0.1) is 25.2 Å². The van der Waals surface area contributed by atoms with Crippen LogP contribution in [0.2, 0.25) is 0 Å². The number of carbonyl (C=O) groups excluding carboxylic acids is 2. The van der Waals surface area contributed by atoms with E-state index in [1.54, 1.807) is 38.1 Å². The van der Waals surface area contributed by atoms with Gasteiger partial charge in [0.15, 0.2) is 6.61 Å². The molecule has 2 aromatic rings. The summed E-state index contributed by atoms with van der Waals surface area (Å²) in [7, 11) is 0. The van der Waals surface area contributed by atoms with E-state index in [1.807, 2.05) is 38.1 Å². The molecule has 0 aromatic heterocycles. The summed E-state index contributed by atoms with van der Waals surface area (Å²) < 4.78 is 16.3. The molecule has 0 saturated heterocycles. The Morgan fingerprint density at radius 1 is 1.15 bits per heavy atom. The SMILES string of the molecule is CCOC(=O)C1=C(C)OC(N)=C(C#N)C1c1cccc(OCC(=O)Nc2cc(C)cc(C)c2)c1. The van der Waals surface area contributed by atoms with Gasteiger partial charge < -0.3 is 25.3 Å². The molecule has 176 valence electrons. The van der Waals surface area contributed by atoms with E-state index in [4.69, 9.17) is 19.9 Å². The smallest absolute Gasteiger partial charge is 0.338 e. The fourth-order valence-electron chi connectivity index (χ4n) is 3.86. The van der Waals surface area contributed by atoms with Crippen molar-refractivity contribution in [3.05, 3.63) is 81.9 Å². The molecule has 2 aromatic carbocycles. The number of benzene rings is 2. The molecular formula is C26H27N3O5. The zero-order valence-electron chi connectivity index (χ0n) is 19.6. The Labute approximate surface area is 198 Å². The maximum Gasteiger partial charge on any atom is 0.338 e. The summed E-state index contributed by atoms with van der Waals surface area (Å²) in [6, 6.07) is 14.6. The van der Waals surface area contributed by atoms with Crippen molar-refractivity contribution in [2.24, 2.45) is 5.73 Å². The number of nitriles is 1. The number of nitrogens with zero attached hydrogens (tertiary/aromatic N) is 1. The topological polar surface area (TPSA) is 124 Å². The van der Waals surface area contributed by atoms with Crippen LogP contribution < -0.4 is 15.8 Å². The van der Waals surface area contributed by atoms with Gasteiger partial charge in [-0.1, -0.05) is 18.2 Å². The van der Waals surface area contributed by atoms with Gasteiger partial charge in [-0.25, -0.2) is 4.79 Å². The minimum atomic E-state index is -0.787. The summed E-state index contributed by atoms with van der Waals surface area (Å²) in [6.07, 6.45) is 0. The van der Waals surface area contributed by atoms with Crippen molar-refractivity contribution in [3.63, 3.8) is 0 Å². The van der Waals surface area contributed by atoms with E-state index in [2.05, 4.69) is 5.32 Å². The lowest BCUT2D eigenvalue weighted by atomic mass is 9.83. The van der Waals surface area contributed by atoms with E-state index in [0.717, 1.165) is 11.1 Å². The maximum absolute atomic E-state index is 12.7. The van der Waals surface area contributed by atoms with Crippen LogP contribution in [0.4, 0.5) is 5.69 Å². The number of hydrogen-bond acceptors (Lipinski definition) is 7. The molecule has 0 bridgehead atoms. The number of amides is 1. The van der Waals surface area contributed by atoms with E-state index in [1.165, 1.54) is 0 Å². The second-order valence-corrected chi connectivity index (χ2v) is 7.90. The van der Waals surface area contributed by atoms with E-state index >= 15 is 0 Å². The summed E-state index contributed by atoms with van der Waals surface area (Å²) in [5.74, 6) is -1.10. The first-order valence-corrected chi connectivity index (χ1v) is 10.8. The van der Waals surface area contributed by atoms with Gasteiger partial charge in [-0.3, -0.25) is 4.79 Å². The van der Waals surface area contributed by atoms with E-state index in [9.17, 15) is 14.9 Å². The van der Waals surface area contributed by atoms with Crippen LogP contribution in [0.5, 0.6) is 5.75 Å². The number of anilines is 1. The van der Waals surface area contributed by atoms with Crippen molar-refractivity contribution < 1.29 is 23.8 Å². The standard InChI is InChI=1S/C26H27N3O5/c1-5-32-26(31)23-17(4)34-25(28)21(13-27)24(23)18-7-6-8-20(12-18)33-14-22(30)29-19-10-15(2)9-16(3)11-19/h6-12,24H,5,14,28H2,1-4H3,(H,29,30).